The fraction of sp³-hybridized carbons (Fsp3) is 0.318. The van der Waals surface area contributed by atoms with E-state index in [-0.39, 0.29) is 22.9 Å². The summed E-state index contributed by atoms with van der Waals surface area (Å²) in [4.78, 5) is 34.7. The number of nitrogens with one attached hydrogen (secondary N) is 1. The van der Waals surface area contributed by atoms with Gasteiger partial charge in [0.25, 0.3) is 5.56 Å². The Kier molecular flexibility index (Phi) is 5.75. The van der Waals surface area contributed by atoms with Gasteiger partial charge in [-0.2, -0.15) is 11.3 Å². The smallest absolute Gasteiger partial charge is 0.281 e. The van der Waals surface area contributed by atoms with Gasteiger partial charge in [-0.25, -0.2) is 9.67 Å². The van der Waals surface area contributed by atoms with E-state index in [9.17, 15) is 9.59 Å². The Morgan fingerprint density at radius 2 is 2.03 bits per heavy atom. The number of H-pyrrole nitrogens is 1. The summed E-state index contributed by atoms with van der Waals surface area (Å²) in [6, 6.07) is 9.48. The number of amides is 1. The standard InChI is InChI=1S/C22H21ClN6O2S/c23-17-4-2-1-3-16(17)12-29-21-19(26-27-29)22(31)25-20(24-21)15-5-8-28(9-6-15)18(30)11-14-7-10-32-13-14/h1-4,7,10,13,15H,5-6,8-9,11-12H2,(H,24,25,31). The molecule has 164 valence electrons. The lowest BCUT2D eigenvalue weighted by Crippen LogP contribution is -2.39. The van der Waals surface area contributed by atoms with Gasteiger partial charge in [-0.15, -0.1) is 5.10 Å². The van der Waals surface area contributed by atoms with Gasteiger partial charge in [0.05, 0.1) is 13.0 Å². The summed E-state index contributed by atoms with van der Waals surface area (Å²) < 4.78 is 1.61. The van der Waals surface area contributed by atoms with Gasteiger partial charge >= 0.3 is 0 Å². The highest BCUT2D eigenvalue weighted by atomic mass is 35.5. The zero-order valence-corrected chi connectivity index (χ0v) is 18.8. The van der Waals surface area contributed by atoms with Gasteiger partial charge in [0.2, 0.25) is 5.91 Å². The number of nitrogens with zero attached hydrogens (tertiary/aromatic N) is 5. The van der Waals surface area contributed by atoms with Crippen LogP contribution in [0.2, 0.25) is 5.02 Å². The number of likely N-dealkylation sites (tertiary alicyclic amines) is 1. The summed E-state index contributed by atoms with van der Waals surface area (Å²) >= 11 is 7.88. The summed E-state index contributed by atoms with van der Waals surface area (Å²) in [5, 5.41) is 12.8. The van der Waals surface area contributed by atoms with E-state index in [4.69, 9.17) is 16.6 Å². The number of hydrogen-bond donors (Lipinski definition) is 1. The highest BCUT2D eigenvalue weighted by Gasteiger charge is 2.26. The number of rotatable bonds is 5. The Morgan fingerprint density at radius 1 is 1.22 bits per heavy atom. The Balaban J connectivity index is 1.33. The van der Waals surface area contributed by atoms with Crippen molar-refractivity contribution in [2.24, 2.45) is 0 Å². The van der Waals surface area contributed by atoms with E-state index in [1.807, 2.05) is 46.0 Å². The van der Waals surface area contributed by atoms with Crippen LogP contribution in [-0.2, 0) is 17.8 Å². The van der Waals surface area contributed by atoms with Crippen LogP contribution in [0.3, 0.4) is 0 Å². The average molecular weight is 469 g/mol. The van der Waals surface area contributed by atoms with E-state index < -0.39 is 0 Å². The molecule has 1 saturated heterocycles. The molecule has 0 bridgehead atoms. The van der Waals surface area contributed by atoms with Gasteiger partial charge in [0, 0.05) is 24.0 Å². The van der Waals surface area contributed by atoms with Crippen LogP contribution in [0.25, 0.3) is 11.2 Å². The van der Waals surface area contributed by atoms with Crippen LogP contribution in [0.15, 0.2) is 45.9 Å². The summed E-state index contributed by atoms with van der Waals surface area (Å²) in [6.45, 7) is 1.67. The van der Waals surface area contributed by atoms with Gasteiger partial charge < -0.3 is 9.88 Å². The fourth-order valence-electron chi connectivity index (χ4n) is 4.05. The summed E-state index contributed by atoms with van der Waals surface area (Å²) in [6.07, 6.45) is 1.92. The quantitative estimate of drug-likeness (QED) is 0.485. The maximum Gasteiger partial charge on any atom is 0.281 e. The van der Waals surface area contributed by atoms with Crippen molar-refractivity contribution in [1.29, 1.82) is 0 Å². The minimum atomic E-state index is -0.300. The summed E-state index contributed by atoms with van der Waals surface area (Å²) in [5.74, 6) is 0.830. The second kappa shape index (κ2) is 8.84. The summed E-state index contributed by atoms with van der Waals surface area (Å²) in [5.41, 5.74) is 2.29. The number of thiophene rings is 1. The maximum absolute atomic E-state index is 12.6. The lowest BCUT2D eigenvalue weighted by atomic mass is 9.95. The van der Waals surface area contributed by atoms with Gasteiger partial charge in [-0.3, -0.25) is 9.59 Å². The Hall–Kier alpha value is -3.04. The highest BCUT2D eigenvalue weighted by molar-refractivity contribution is 7.08. The molecule has 0 aliphatic carbocycles. The first-order valence-electron chi connectivity index (χ1n) is 10.4. The molecule has 4 aromatic rings. The topological polar surface area (TPSA) is 96.8 Å². The normalized spacial score (nSPS) is 14.8. The molecule has 0 spiro atoms. The third-order valence-corrected chi connectivity index (χ3v) is 6.94. The molecule has 0 saturated carbocycles. The SMILES string of the molecule is O=C(Cc1ccsc1)N1CCC(c2nc3c(nnn3Cc3ccccc3Cl)c(=O)[nH]2)CC1. The molecule has 10 heteroatoms. The van der Waals surface area contributed by atoms with Crippen LogP contribution < -0.4 is 5.56 Å². The van der Waals surface area contributed by atoms with Crippen LogP contribution in [-0.4, -0.2) is 48.9 Å². The van der Waals surface area contributed by atoms with Crippen molar-refractivity contribution in [1.82, 2.24) is 29.9 Å². The lowest BCUT2D eigenvalue weighted by molar-refractivity contribution is -0.131. The van der Waals surface area contributed by atoms with E-state index in [0.717, 1.165) is 24.0 Å². The van der Waals surface area contributed by atoms with Crippen molar-refractivity contribution in [2.75, 3.05) is 13.1 Å². The molecule has 8 nitrogen and oxygen atoms in total. The predicted molar refractivity (Wildman–Crippen MR) is 123 cm³/mol. The maximum atomic E-state index is 12.6. The number of carbonyl (C=O) groups is 1. The van der Waals surface area contributed by atoms with Gasteiger partial charge in [-0.05, 0) is 46.9 Å². The molecule has 3 aromatic heterocycles. The van der Waals surface area contributed by atoms with E-state index in [0.29, 0.717) is 42.5 Å². The molecule has 1 aliphatic heterocycles. The number of halogens is 1. The molecule has 5 rings (SSSR count). The molecule has 1 aliphatic rings. The van der Waals surface area contributed by atoms with Crippen LogP contribution in [0.4, 0.5) is 0 Å². The molecule has 4 heterocycles. The van der Waals surface area contributed by atoms with E-state index in [1.165, 1.54) is 0 Å². The van der Waals surface area contributed by atoms with Gasteiger partial charge in [-0.1, -0.05) is 35.0 Å². The third-order valence-electron chi connectivity index (χ3n) is 5.84. The molecule has 32 heavy (non-hydrogen) atoms. The monoisotopic (exact) mass is 468 g/mol. The molecule has 1 N–H and O–H groups in total. The second-order valence-corrected chi connectivity index (χ2v) is 9.11. The molecular weight excluding hydrogens is 448 g/mol. The van der Waals surface area contributed by atoms with E-state index in [2.05, 4.69) is 15.3 Å². The molecule has 0 unspecified atom stereocenters. The Morgan fingerprint density at radius 3 is 2.78 bits per heavy atom. The van der Waals surface area contributed by atoms with Crippen LogP contribution in [0.5, 0.6) is 0 Å². The number of aromatic amines is 1. The number of carbonyl (C=O) groups excluding carboxylic acids is 1. The number of aromatic nitrogens is 5. The first-order chi connectivity index (χ1) is 15.6. The second-order valence-electron chi connectivity index (χ2n) is 7.93. The van der Waals surface area contributed by atoms with Crippen molar-refractivity contribution >= 4 is 40.0 Å². The highest BCUT2D eigenvalue weighted by Crippen LogP contribution is 2.26. The fourth-order valence-corrected chi connectivity index (χ4v) is 4.92. The first kappa shape index (κ1) is 20.8. The predicted octanol–water partition coefficient (Wildman–Crippen LogP) is 3.23. The number of fused-ring (bicyclic) bond motifs is 1. The molecule has 0 radical (unpaired) electrons. The van der Waals surface area contributed by atoms with Crippen LogP contribution in [0.1, 0.15) is 35.7 Å². The van der Waals surface area contributed by atoms with E-state index >= 15 is 0 Å². The van der Waals surface area contributed by atoms with Gasteiger partial charge in [0.15, 0.2) is 11.2 Å². The molecule has 1 aromatic carbocycles. The van der Waals surface area contributed by atoms with Crippen LogP contribution in [0, 0.1) is 0 Å². The largest absolute Gasteiger partial charge is 0.342 e. The molecule has 1 fully saturated rings. The minimum Gasteiger partial charge on any atom is -0.342 e. The van der Waals surface area contributed by atoms with Crippen molar-refractivity contribution in [3.05, 3.63) is 73.4 Å². The number of piperidine rings is 1. The summed E-state index contributed by atoms with van der Waals surface area (Å²) in [7, 11) is 0. The lowest BCUT2D eigenvalue weighted by Gasteiger charge is -2.31. The Labute approximate surface area is 192 Å². The first-order valence-corrected chi connectivity index (χ1v) is 11.8. The third kappa shape index (κ3) is 4.18. The average Bonchev–Trinajstić information content (AvgIpc) is 3.46. The zero-order valence-electron chi connectivity index (χ0n) is 17.2. The van der Waals surface area contributed by atoms with Crippen molar-refractivity contribution in [3.63, 3.8) is 0 Å². The molecule has 1 amide bonds. The van der Waals surface area contributed by atoms with Crippen molar-refractivity contribution in [2.45, 2.75) is 31.7 Å². The van der Waals surface area contributed by atoms with Crippen LogP contribution >= 0.6 is 22.9 Å². The van der Waals surface area contributed by atoms with E-state index in [1.54, 1.807) is 16.0 Å². The minimum absolute atomic E-state index is 0.0703. The molecular formula is C22H21ClN6O2S. The van der Waals surface area contributed by atoms with Crippen molar-refractivity contribution < 1.29 is 4.79 Å². The zero-order chi connectivity index (χ0) is 22.1. The number of hydrogen-bond acceptors (Lipinski definition) is 6. The number of benzene rings is 1. The molecule has 0 atom stereocenters. The van der Waals surface area contributed by atoms with Crippen molar-refractivity contribution in [3.8, 4) is 0 Å². The van der Waals surface area contributed by atoms with Gasteiger partial charge in [0.1, 0.15) is 5.82 Å². The Bertz CT molecular complexity index is 1310.